The highest BCUT2D eigenvalue weighted by Gasteiger charge is 2.12. The van der Waals surface area contributed by atoms with E-state index in [-0.39, 0.29) is 0 Å². The van der Waals surface area contributed by atoms with Crippen LogP contribution < -0.4 is 5.32 Å². The highest BCUT2D eigenvalue weighted by molar-refractivity contribution is 6.33. The lowest BCUT2D eigenvalue weighted by Crippen LogP contribution is -1.91. The van der Waals surface area contributed by atoms with Crippen molar-refractivity contribution in [3.05, 3.63) is 28.3 Å². The number of benzene rings is 1. The van der Waals surface area contributed by atoms with Crippen molar-refractivity contribution in [2.45, 2.75) is 13.3 Å². The number of hydrogen-bond donors (Lipinski definition) is 1. The summed E-state index contributed by atoms with van der Waals surface area (Å²) in [5.74, 6) is 0. The van der Waals surface area contributed by atoms with Crippen LogP contribution in [0, 0.1) is 6.92 Å². The fraction of sp³-hybridized carbons (Fsp3) is 0.333. The van der Waals surface area contributed by atoms with Crippen LogP contribution in [-0.4, -0.2) is 6.54 Å². The number of fused-ring (bicyclic) bond motifs is 1. The molecule has 58 valence electrons. The molecule has 1 aromatic carbocycles. The summed E-state index contributed by atoms with van der Waals surface area (Å²) in [5.41, 5.74) is 3.74. The molecule has 0 fully saturated rings. The molecule has 0 saturated heterocycles. The molecule has 0 radical (unpaired) electrons. The maximum atomic E-state index is 6.01. The van der Waals surface area contributed by atoms with Gasteiger partial charge in [-0.15, -0.1) is 0 Å². The highest BCUT2D eigenvalue weighted by atomic mass is 35.5. The smallest absolute Gasteiger partial charge is 0.0642 e. The molecule has 1 aliphatic rings. The van der Waals surface area contributed by atoms with Gasteiger partial charge in [0.1, 0.15) is 0 Å². The first-order valence-electron chi connectivity index (χ1n) is 3.80. The molecule has 0 bridgehead atoms. The van der Waals surface area contributed by atoms with Crippen molar-refractivity contribution in [2.75, 3.05) is 11.9 Å². The molecule has 0 unspecified atom stereocenters. The number of halogens is 1. The zero-order chi connectivity index (χ0) is 7.84. The third-order valence-electron chi connectivity index (χ3n) is 2.01. The topological polar surface area (TPSA) is 12.0 Å². The van der Waals surface area contributed by atoms with Crippen molar-refractivity contribution in [1.82, 2.24) is 0 Å². The lowest BCUT2D eigenvalue weighted by Gasteiger charge is -2.03. The van der Waals surface area contributed by atoms with Crippen molar-refractivity contribution < 1.29 is 0 Å². The van der Waals surface area contributed by atoms with E-state index in [9.17, 15) is 0 Å². The second kappa shape index (κ2) is 2.42. The summed E-state index contributed by atoms with van der Waals surface area (Å²) >= 11 is 6.01. The van der Waals surface area contributed by atoms with Gasteiger partial charge < -0.3 is 5.32 Å². The maximum absolute atomic E-state index is 6.01. The molecule has 1 nitrogen and oxygen atoms in total. The van der Waals surface area contributed by atoms with E-state index in [1.807, 2.05) is 6.07 Å². The van der Waals surface area contributed by atoms with E-state index in [1.54, 1.807) is 0 Å². The molecule has 1 aliphatic heterocycles. The van der Waals surface area contributed by atoms with Crippen molar-refractivity contribution in [1.29, 1.82) is 0 Å². The van der Waals surface area contributed by atoms with E-state index < -0.39 is 0 Å². The Morgan fingerprint density at radius 2 is 2.27 bits per heavy atom. The van der Waals surface area contributed by atoms with Crippen LogP contribution in [0.5, 0.6) is 0 Å². The van der Waals surface area contributed by atoms with Crippen LogP contribution in [-0.2, 0) is 6.42 Å². The van der Waals surface area contributed by atoms with Crippen molar-refractivity contribution >= 4 is 17.3 Å². The molecule has 0 saturated carbocycles. The summed E-state index contributed by atoms with van der Waals surface area (Å²) in [7, 11) is 0. The van der Waals surface area contributed by atoms with E-state index in [1.165, 1.54) is 11.1 Å². The van der Waals surface area contributed by atoms with Gasteiger partial charge in [-0.1, -0.05) is 17.7 Å². The summed E-state index contributed by atoms with van der Waals surface area (Å²) in [5, 5.41) is 4.12. The molecule has 0 spiro atoms. The molecule has 0 aromatic heterocycles. The monoisotopic (exact) mass is 167 g/mol. The molecule has 0 amide bonds. The van der Waals surface area contributed by atoms with Gasteiger partial charge in [-0.25, -0.2) is 0 Å². The summed E-state index contributed by atoms with van der Waals surface area (Å²) in [6.45, 7) is 3.10. The Balaban J connectivity index is 2.60. The summed E-state index contributed by atoms with van der Waals surface area (Å²) in [4.78, 5) is 0. The van der Waals surface area contributed by atoms with Crippen LogP contribution in [0.3, 0.4) is 0 Å². The first-order chi connectivity index (χ1) is 5.27. The molecular formula is C9H10ClN. The fourth-order valence-corrected chi connectivity index (χ4v) is 1.89. The lowest BCUT2D eigenvalue weighted by atomic mass is 10.1. The minimum absolute atomic E-state index is 0.859. The minimum atomic E-state index is 0.859. The maximum Gasteiger partial charge on any atom is 0.0642 e. The standard InChI is InChI=1S/C9H10ClN/c1-6-4-7-2-3-11-9(7)8(10)5-6/h4-5,11H,2-3H2,1H3. The van der Waals surface area contributed by atoms with Gasteiger partial charge >= 0.3 is 0 Å². The molecule has 2 rings (SSSR count). The van der Waals surface area contributed by atoms with Crippen LogP contribution in [0.2, 0.25) is 5.02 Å². The quantitative estimate of drug-likeness (QED) is 0.627. The zero-order valence-corrected chi connectivity index (χ0v) is 7.20. The Labute approximate surface area is 71.4 Å². The van der Waals surface area contributed by atoms with Gasteiger partial charge in [-0.2, -0.15) is 0 Å². The predicted molar refractivity (Wildman–Crippen MR) is 48.4 cm³/mol. The van der Waals surface area contributed by atoms with Gasteiger partial charge in [-0.05, 0) is 30.5 Å². The summed E-state index contributed by atoms with van der Waals surface area (Å²) < 4.78 is 0. The van der Waals surface area contributed by atoms with Crippen molar-refractivity contribution in [2.24, 2.45) is 0 Å². The first-order valence-corrected chi connectivity index (χ1v) is 4.18. The van der Waals surface area contributed by atoms with E-state index in [0.29, 0.717) is 0 Å². The second-order valence-corrected chi connectivity index (χ2v) is 3.36. The number of anilines is 1. The Bertz CT molecular complexity index is 294. The van der Waals surface area contributed by atoms with Gasteiger partial charge in [0, 0.05) is 6.54 Å². The Kier molecular flexibility index (Phi) is 1.53. The highest BCUT2D eigenvalue weighted by Crippen LogP contribution is 2.31. The Morgan fingerprint density at radius 1 is 1.45 bits per heavy atom. The van der Waals surface area contributed by atoms with Crippen LogP contribution in [0.25, 0.3) is 0 Å². The van der Waals surface area contributed by atoms with E-state index in [4.69, 9.17) is 11.6 Å². The summed E-state index contributed by atoms with van der Waals surface area (Å²) in [6, 6.07) is 4.19. The van der Waals surface area contributed by atoms with Gasteiger partial charge in [0.25, 0.3) is 0 Å². The second-order valence-electron chi connectivity index (χ2n) is 2.96. The van der Waals surface area contributed by atoms with Gasteiger partial charge in [0.15, 0.2) is 0 Å². The van der Waals surface area contributed by atoms with E-state index in [2.05, 4.69) is 18.3 Å². The van der Waals surface area contributed by atoms with Gasteiger partial charge in [0.2, 0.25) is 0 Å². The molecule has 1 heterocycles. The SMILES string of the molecule is Cc1cc(Cl)c2c(c1)CCN2. The molecule has 2 heteroatoms. The number of hydrogen-bond acceptors (Lipinski definition) is 1. The third-order valence-corrected chi connectivity index (χ3v) is 2.31. The van der Waals surface area contributed by atoms with Crippen LogP contribution in [0.4, 0.5) is 5.69 Å². The molecule has 0 aliphatic carbocycles. The van der Waals surface area contributed by atoms with E-state index >= 15 is 0 Å². The molecule has 1 aromatic rings. The van der Waals surface area contributed by atoms with Crippen LogP contribution in [0.1, 0.15) is 11.1 Å². The zero-order valence-electron chi connectivity index (χ0n) is 6.45. The number of nitrogens with one attached hydrogen (secondary N) is 1. The lowest BCUT2D eigenvalue weighted by molar-refractivity contribution is 1.10. The molecule has 0 atom stereocenters. The molecule has 1 N–H and O–H groups in total. The van der Waals surface area contributed by atoms with Gasteiger partial charge in [-0.3, -0.25) is 0 Å². The van der Waals surface area contributed by atoms with E-state index in [0.717, 1.165) is 23.7 Å². The van der Waals surface area contributed by atoms with Crippen molar-refractivity contribution in [3.8, 4) is 0 Å². The minimum Gasteiger partial charge on any atom is -0.383 e. The number of aryl methyl sites for hydroxylation is 1. The van der Waals surface area contributed by atoms with Crippen molar-refractivity contribution in [3.63, 3.8) is 0 Å². The van der Waals surface area contributed by atoms with Crippen LogP contribution in [0.15, 0.2) is 12.1 Å². The average molecular weight is 168 g/mol. The average Bonchev–Trinajstić information content (AvgIpc) is 2.34. The Hall–Kier alpha value is -0.690. The van der Waals surface area contributed by atoms with Gasteiger partial charge in [0.05, 0.1) is 10.7 Å². The third kappa shape index (κ3) is 1.10. The number of rotatable bonds is 0. The predicted octanol–water partition coefficient (Wildman–Crippen LogP) is 2.62. The fourth-order valence-electron chi connectivity index (χ4n) is 1.53. The normalized spacial score (nSPS) is 14.4. The van der Waals surface area contributed by atoms with Crippen LogP contribution >= 0.6 is 11.6 Å². The first kappa shape index (κ1) is 6.99. The summed E-state index contributed by atoms with van der Waals surface area (Å²) in [6.07, 6.45) is 1.11. The largest absolute Gasteiger partial charge is 0.383 e. The molecular weight excluding hydrogens is 158 g/mol. The Morgan fingerprint density at radius 3 is 3.09 bits per heavy atom. The molecule has 11 heavy (non-hydrogen) atoms.